The Morgan fingerprint density at radius 1 is 0.842 bits per heavy atom. The van der Waals surface area contributed by atoms with Gasteiger partial charge in [0.2, 0.25) is 5.28 Å². The zero-order valence-corrected chi connectivity index (χ0v) is 22.3. The van der Waals surface area contributed by atoms with Crippen LogP contribution >= 0.6 is 11.6 Å². The van der Waals surface area contributed by atoms with E-state index in [2.05, 4.69) is 101 Å². The van der Waals surface area contributed by atoms with Crippen LogP contribution in [-0.2, 0) is 12.0 Å². The van der Waals surface area contributed by atoms with E-state index in [-0.39, 0.29) is 16.8 Å². The number of hydrogen-bond acceptors (Lipinski definition) is 4. The number of halogens is 1. The molecule has 3 aromatic carbocycles. The van der Waals surface area contributed by atoms with Gasteiger partial charge in [-0.1, -0.05) is 62.4 Å². The number of rotatable bonds is 8. The first kappa shape index (κ1) is 24.5. The van der Waals surface area contributed by atoms with Gasteiger partial charge in [-0.25, -0.2) is 9.97 Å². The van der Waals surface area contributed by atoms with Crippen LogP contribution in [0, 0.1) is 0 Å². The van der Waals surface area contributed by atoms with Crippen molar-refractivity contribution >= 4 is 22.4 Å². The van der Waals surface area contributed by atoms with Gasteiger partial charge in [0.05, 0.1) is 5.69 Å². The molecule has 0 spiro atoms. The van der Waals surface area contributed by atoms with Gasteiger partial charge in [-0.05, 0) is 63.8 Å². The fourth-order valence-corrected chi connectivity index (χ4v) is 5.24. The van der Waals surface area contributed by atoms with E-state index in [1.54, 1.807) is 12.3 Å². The van der Waals surface area contributed by atoms with Crippen LogP contribution in [0.4, 0.5) is 0 Å². The van der Waals surface area contributed by atoms with Crippen LogP contribution in [0.25, 0.3) is 10.8 Å². The molecule has 0 amide bonds. The standard InChI is InChI=1S/C32H30ClN3O2/c1-32(2,24-7-11-28(12-8-24)37-21-26-15-16-34-31(33)35-26)25-9-13-29(14-10-25)38-30-17-27(18-30)36-19-22-5-3-4-6-23(22)20-36/h3-16,19-20,27,30H,17-18,21H2,1-2H3. The van der Waals surface area contributed by atoms with Crippen LogP contribution in [0.3, 0.4) is 0 Å². The van der Waals surface area contributed by atoms with Crippen LogP contribution in [0.5, 0.6) is 11.5 Å². The smallest absolute Gasteiger partial charge is 0.222 e. The zero-order chi connectivity index (χ0) is 26.1. The normalized spacial score (nSPS) is 17.2. The number of hydrogen-bond donors (Lipinski definition) is 0. The Labute approximate surface area is 228 Å². The first-order valence-electron chi connectivity index (χ1n) is 13.0. The Morgan fingerprint density at radius 3 is 2.05 bits per heavy atom. The molecule has 6 rings (SSSR count). The highest BCUT2D eigenvalue weighted by atomic mass is 35.5. The highest BCUT2D eigenvalue weighted by molar-refractivity contribution is 6.28. The predicted molar refractivity (Wildman–Crippen MR) is 151 cm³/mol. The highest BCUT2D eigenvalue weighted by Crippen LogP contribution is 2.38. The molecule has 192 valence electrons. The molecule has 1 aliphatic carbocycles. The fraction of sp³-hybridized carbons (Fsp3) is 0.250. The first-order chi connectivity index (χ1) is 18.4. The summed E-state index contributed by atoms with van der Waals surface area (Å²) in [6.45, 7) is 4.81. The summed E-state index contributed by atoms with van der Waals surface area (Å²) in [6, 6.07) is 27.6. The minimum Gasteiger partial charge on any atom is -0.490 e. The van der Waals surface area contributed by atoms with E-state index in [0.717, 1.165) is 30.0 Å². The highest BCUT2D eigenvalue weighted by Gasteiger charge is 2.32. The van der Waals surface area contributed by atoms with Crippen molar-refractivity contribution < 1.29 is 9.47 Å². The van der Waals surface area contributed by atoms with Crippen molar-refractivity contribution in [1.82, 2.24) is 14.5 Å². The average Bonchev–Trinajstić information content (AvgIpc) is 3.33. The van der Waals surface area contributed by atoms with E-state index in [9.17, 15) is 0 Å². The maximum atomic E-state index is 6.29. The van der Waals surface area contributed by atoms with Gasteiger partial charge in [-0.15, -0.1) is 0 Å². The lowest BCUT2D eigenvalue weighted by atomic mass is 9.78. The molecule has 0 atom stereocenters. The second-order valence-electron chi connectivity index (χ2n) is 10.5. The molecule has 0 aliphatic heterocycles. The van der Waals surface area contributed by atoms with Crippen LogP contribution < -0.4 is 9.47 Å². The molecular formula is C32H30ClN3O2. The lowest BCUT2D eigenvalue weighted by molar-refractivity contribution is 0.0707. The van der Waals surface area contributed by atoms with E-state index >= 15 is 0 Å². The molecule has 1 aliphatic rings. The van der Waals surface area contributed by atoms with Crippen molar-refractivity contribution in [3.05, 3.63) is 120 Å². The number of benzene rings is 3. The first-order valence-corrected chi connectivity index (χ1v) is 13.4. The van der Waals surface area contributed by atoms with Gasteiger partial charge < -0.3 is 14.0 Å². The van der Waals surface area contributed by atoms with Gasteiger partial charge in [-0.2, -0.15) is 0 Å². The van der Waals surface area contributed by atoms with Gasteiger partial charge in [0.1, 0.15) is 24.2 Å². The SMILES string of the molecule is CC(C)(c1ccc(OCc2ccnc(Cl)n2)cc1)c1ccc(OC2CC(n3cc4ccccc4c3)C2)cc1. The fourth-order valence-electron chi connectivity index (χ4n) is 5.08. The molecule has 1 fully saturated rings. The summed E-state index contributed by atoms with van der Waals surface area (Å²) in [6.07, 6.45) is 8.46. The van der Waals surface area contributed by atoms with E-state index in [1.165, 1.54) is 21.9 Å². The summed E-state index contributed by atoms with van der Waals surface area (Å²) in [7, 11) is 0. The number of fused-ring (bicyclic) bond motifs is 1. The Hall–Kier alpha value is -3.83. The average molecular weight is 524 g/mol. The minimum atomic E-state index is -0.158. The second-order valence-corrected chi connectivity index (χ2v) is 10.8. The van der Waals surface area contributed by atoms with Crippen molar-refractivity contribution in [3.8, 4) is 11.5 Å². The quantitative estimate of drug-likeness (QED) is 0.195. The summed E-state index contributed by atoms with van der Waals surface area (Å²) < 4.78 is 14.5. The van der Waals surface area contributed by atoms with Gasteiger partial charge in [-0.3, -0.25) is 0 Å². The largest absolute Gasteiger partial charge is 0.490 e. The van der Waals surface area contributed by atoms with E-state index in [1.807, 2.05) is 12.1 Å². The molecule has 5 aromatic rings. The number of ether oxygens (including phenoxy) is 2. The molecule has 0 bridgehead atoms. The van der Waals surface area contributed by atoms with Gasteiger partial charge >= 0.3 is 0 Å². The molecule has 2 aromatic heterocycles. The Bertz CT molecular complexity index is 1500. The Balaban J connectivity index is 1.04. The third-order valence-electron chi connectivity index (χ3n) is 7.59. The maximum Gasteiger partial charge on any atom is 0.222 e. The van der Waals surface area contributed by atoms with Crippen LogP contribution in [0.2, 0.25) is 5.28 Å². The molecule has 1 saturated carbocycles. The summed E-state index contributed by atoms with van der Waals surface area (Å²) in [4.78, 5) is 8.06. The summed E-state index contributed by atoms with van der Waals surface area (Å²) in [5, 5.41) is 2.82. The van der Waals surface area contributed by atoms with Crippen LogP contribution in [-0.4, -0.2) is 20.6 Å². The van der Waals surface area contributed by atoms with Crippen molar-refractivity contribution in [2.75, 3.05) is 0 Å². The summed E-state index contributed by atoms with van der Waals surface area (Å²) in [5.41, 5.74) is 3.03. The predicted octanol–water partition coefficient (Wildman–Crippen LogP) is 7.77. The summed E-state index contributed by atoms with van der Waals surface area (Å²) in [5.74, 6) is 1.72. The van der Waals surface area contributed by atoms with Crippen molar-refractivity contribution in [3.63, 3.8) is 0 Å². The molecule has 38 heavy (non-hydrogen) atoms. The zero-order valence-electron chi connectivity index (χ0n) is 21.5. The molecule has 0 N–H and O–H groups in total. The van der Waals surface area contributed by atoms with Crippen LogP contribution in [0.15, 0.2) is 97.5 Å². The lowest BCUT2D eigenvalue weighted by Gasteiger charge is -2.36. The Morgan fingerprint density at radius 2 is 1.45 bits per heavy atom. The molecular weight excluding hydrogens is 494 g/mol. The third kappa shape index (κ3) is 5.11. The molecule has 6 heteroatoms. The monoisotopic (exact) mass is 523 g/mol. The van der Waals surface area contributed by atoms with Gasteiger partial charge in [0, 0.05) is 42.9 Å². The number of nitrogens with zero attached hydrogens (tertiary/aromatic N) is 3. The van der Waals surface area contributed by atoms with E-state index in [4.69, 9.17) is 21.1 Å². The second kappa shape index (κ2) is 10.1. The number of aromatic nitrogens is 3. The molecule has 0 radical (unpaired) electrons. The molecule has 2 heterocycles. The summed E-state index contributed by atoms with van der Waals surface area (Å²) >= 11 is 5.86. The van der Waals surface area contributed by atoms with Crippen molar-refractivity contribution in [2.45, 2.75) is 50.9 Å². The maximum absolute atomic E-state index is 6.29. The molecule has 0 unspecified atom stereocenters. The van der Waals surface area contributed by atoms with E-state index in [0.29, 0.717) is 12.6 Å². The molecule has 5 nitrogen and oxygen atoms in total. The van der Waals surface area contributed by atoms with Crippen molar-refractivity contribution in [2.24, 2.45) is 0 Å². The molecule has 0 saturated heterocycles. The lowest BCUT2D eigenvalue weighted by Crippen LogP contribution is -2.35. The minimum absolute atomic E-state index is 0.158. The van der Waals surface area contributed by atoms with Gasteiger partial charge in [0.25, 0.3) is 0 Å². The van der Waals surface area contributed by atoms with Crippen LogP contribution in [0.1, 0.15) is 49.6 Å². The third-order valence-corrected chi connectivity index (χ3v) is 7.77. The van der Waals surface area contributed by atoms with E-state index < -0.39 is 0 Å². The van der Waals surface area contributed by atoms with Crippen molar-refractivity contribution in [1.29, 1.82) is 0 Å². The topological polar surface area (TPSA) is 49.2 Å². The van der Waals surface area contributed by atoms with Gasteiger partial charge in [0.15, 0.2) is 0 Å². The Kier molecular flexibility index (Phi) is 6.54.